The van der Waals surface area contributed by atoms with Gasteiger partial charge in [0.1, 0.15) is 6.54 Å². The number of anilines is 1. The summed E-state index contributed by atoms with van der Waals surface area (Å²) < 4.78 is 38.5. The molecule has 0 heterocycles. The van der Waals surface area contributed by atoms with E-state index in [0.29, 0.717) is 33.3 Å². The lowest BCUT2D eigenvalue weighted by atomic mass is 10.2. The molecule has 0 bridgehead atoms. The first-order chi connectivity index (χ1) is 16.6. The number of rotatable bonds is 9. The van der Waals surface area contributed by atoms with Gasteiger partial charge in [0.25, 0.3) is 15.9 Å². The van der Waals surface area contributed by atoms with Crippen LogP contribution in [0.4, 0.5) is 5.69 Å². The molecule has 0 aliphatic carbocycles. The average Bonchev–Trinajstić information content (AvgIpc) is 2.83. The van der Waals surface area contributed by atoms with Gasteiger partial charge in [0, 0.05) is 5.02 Å². The van der Waals surface area contributed by atoms with E-state index in [0.717, 1.165) is 9.87 Å². The molecule has 3 rings (SSSR count). The van der Waals surface area contributed by atoms with Gasteiger partial charge in [-0.1, -0.05) is 29.3 Å². The van der Waals surface area contributed by atoms with Gasteiger partial charge in [-0.05, 0) is 73.5 Å². The van der Waals surface area contributed by atoms with Crippen molar-refractivity contribution in [1.82, 2.24) is 5.43 Å². The first-order valence-electron chi connectivity index (χ1n) is 10.5. The standard InChI is InChI=1S/C25H26ClN3O5S/c1-17-5-9-21(10-6-17)35(31,32)29(22-11-8-20(26)13-18(22)2)16-25(30)28-27-15-19-7-12-23(33-3)24(14-19)34-4/h5-15H,16H2,1-4H3,(H,28,30)/b27-15-. The molecule has 10 heteroatoms. The molecule has 35 heavy (non-hydrogen) atoms. The zero-order chi connectivity index (χ0) is 25.6. The lowest BCUT2D eigenvalue weighted by Gasteiger charge is -2.25. The third kappa shape index (κ3) is 6.32. The largest absolute Gasteiger partial charge is 0.493 e. The van der Waals surface area contributed by atoms with Crippen molar-refractivity contribution < 1.29 is 22.7 Å². The molecular formula is C25H26ClN3O5S. The van der Waals surface area contributed by atoms with Crippen LogP contribution in [0.25, 0.3) is 0 Å². The number of benzene rings is 3. The minimum absolute atomic E-state index is 0.0686. The predicted octanol–water partition coefficient (Wildman–Crippen LogP) is 4.32. The molecule has 3 aromatic rings. The fraction of sp³-hybridized carbons (Fsp3) is 0.200. The summed E-state index contributed by atoms with van der Waals surface area (Å²) in [5, 5.41) is 4.42. The number of hydrogen-bond acceptors (Lipinski definition) is 6. The second-order valence-corrected chi connectivity index (χ2v) is 9.96. The summed E-state index contributed by atoms with van der Waals surface area (Å²) in [6.45, 7) is 3.11. The van der Waals surface area contributed by atoms with Crippen molar-refractivity contribution in [1.29, 1.82) is 0 Å². The van der Waals surface area contributed by atoms with Gasteiger partial charge in [-0.25, -0.2) is 13.8 Å². The van der Waals surface area contributed by atoms with Crippen LogP contribution < -0.4 is 19.2 Å². The van der Waals surface area contributed by atoms with E-state index in [1.165, 1.54) is 32.6 Å². The number of carbonyl (C=O) groups is 1. The highest BCUT2D eigenvalue weighted by Crippen LogP contribution is 2.29. The van der Waals surface area contributed by atoms with Gasteiger partial charge in [0.2, 0.25) is 0 Å². The second-order valence-electron chi connectivity index (χ2n) is 7.66. The van der Waals surface area contributed by atoms with Crippen LogP contribution in [0, 0.1) is 13.8 Å². The summed E-state index contributed by atoms with van der Waals surface area (Å²) in [6.07, 6.45) is 1.42. The minimum atomic E-state index is -4.05. The topological polar surface area (TPSA) is 97.3 Å². The summed E-state index contributed by atoms with van der Waals surface area (Å²) in [4.78, 5) is 12.8. The maximum absolute atomic E-state index is 13.5. The Bertz CT molecular complexity index is 1340. The van der Waals surface area contributed by atoms with Crippen molar-refractivity contribution in [2.24, 2.45) is 5.10 Å². The summed E-state index contributed by atoms with van der Waals surface area (Å²) in [6, 6.07) is 16.4. The van der Waals surface area contributed by atoms with Gasteiger partial charge in [0.05, 0.1) is 31.0 Å². The molecule has 3 aromatic carbocycles. The van der Waals surface area contributed by atoms with Crippen LogP contribution in [0.5, 0.6) is 11.5 Å². The van der Waals surface area contributed by atoms with Crippen LogP contribution in [0.2, 0.25) is 5.02 Å². The van der Waals surface area contributed by atoms with Gasteiger partial charge in [0.15, 0.2) is 11.5 Å². The van der Waals surface area contributed by atoms with Crippen molar-refractivity contribution in [3.05, 3.63) is 82.4 Å². The zero-order valence-corrected chi connectivity index (χ0v) is 21.4. The number of ether oxygens (including phenoxy) is 2. The van der Waals surface area contributed by atoms with Crippen LogP contribution in [-0.4, -0.2) is 41.3 Å². The number of nitrogens with one attached hydrogen (secondary N) is 1. The maximum atomic E-state index is 13.5. The molecule has 0 aliphatic heterocycles. The second kappa shape index (κ2) is 11.2. The lowest BCUT2D eigenvalue weighted by Crippen LogP contribution is -2.40. The molecule has 0 fully saturated rings. The van der Waals surface area contributed by atoms with E-state index in [2.05, 4.69) is 10.5 Å². The molecule has 0 aromatic heterocycles. The number of carbonyl (C=O) groups excluding carboxylic acids is 1. The fourth-order valence-electron chi connectivity index (χ4n) is 3.31. The molecule has 0 unspecified atom stereocenters. The average molecular weight is 516 g/mol. The van der Waals surface area contributed by atoms with E-state index in [1.807, 2.05) is 6.92 Å². The van der Waals surface area contributed by atoms with E-state index in [9.17, 15) is 13.2 Å². The van der Waals surface area contributed by atoms with Crippen LogP contribution >= 0.6 is 11.6 Å². The van der Waals surface area contributed by atoms with Gasteiger partial charge >= 0.3 is 0 Å². The Morgan fingerprint density at radius 1 is 1.00 bits per heavy atom. The number of hydrogen-bond donors (Lipinski definition) is 1. The number of aryl methyl sites for hydroxylation is 2. The molecule has 0 aliphatic rings. The monoisotopic (exact) mass is 515 g/mol. The summed E-state index contributed by atoms with van der Waals surface area (Å²) in [7, 11) is -0.999. The number of amides is 1. The number of hydrazone groups is 1. The Morgan fingerprint density at radius 3 is 2.31 bits per heavy atom. The Balaban J connectivity index is 1.85. The molecule has 0 spiro atoms. The first-order valence-corrected chi connectivity index (χ1v) is 12.4. The van der Waals surface area contributed by atoms with Crippen molar-refractivity contribution in [2.75, 3.05) is 25.1 Å². The predicted molar refractivity (Wildman–Crippen MR) is 137 cm³/mol. The van der Waals surface area contributed by atoms with Gasteiger partial charge in [-0.2, -0.15) is 5.10 Å². The Labute approximate surface area is 210 Å². The van der Waals surface area contributed by atoms with Gasteiger partial charge in [-0.15, -0.1) is 0 Å². The quantitative estimate of drug-likeness (QED) is 0.338. The highest BCUT2D eigenvalue weighted by molar-refractivity contribution is 7.92. The number of sulfonamides is 1. The summed E-state index contributed by atoms with van der Waals surface area (Å²) in [5.74, 6) is 0.451. The molecule has 1 N–H and O–H groups in total. The van der Waals surface area contributed by atoms with Crippen molar-refractivity contribution in [3.63, 3.8) is 0 Å². The molecule has 0 radical (unpaired) electrons. The Morgan fingerprint density at radius 2 is 1.69 bits per heavy atom. The van der Waals surface area contributed by atoms with E-state index >= 15 is 0 Å². The lowest BCUT2D eigenvalue weighted by molar-refractivity contribution is -0.119. The van der Waals surface area contributed by atoms with Crippen LogP contribution in [0.15, 0.2) is 70.7 Å². The molecule has 184 valence electrons. The summed E-state index contributed by atoms with van der Waals surface area (Å²) in [5.41, 5.74) is 4.91. The normalized spacial score (nSPS) is 11.3. The zero-order valence-electron chi connectivity index (χ0n) is 19.8. The molecule has 0 saturated heterocycles. The number of methoxy groups -OCH3 is 2. The van der Waals surface area contributed by atoms with Crippen molar-refractivity contribution in [3.8, 4) is 11.5 Å². The number of halogens is 1. The molecule has 0 saturated carbocycles. The third-order valence-electron chi connectivity index (χ3n) is 5.13. The molecule has 0 atom stereocenters. The van der Waals surface area contributed by atoms with Gasteiger partial charge < -0.3 is 9.47 Å². The van der Waals surface area contributed by atoms with Crippen LogP contribution in [0.1, 0.15) is 16.7 Å². The van der Waals surface area contributed by atoms with E-state index in [1.54, 1.807) is 55.5 Å². The van der Waals surface area contributed by atoms with Crippen molar-refractivity contribution in [2.45, 2.75) is 18.7 Å². The number of nitrogens with zero attached hydrogens (tertiary/aromatic N) is 2. The minimum Gasteiger partial charge on any atom is -0.493 e. The molecule has 8 nitrogen and oxygen atoms in total. The smallest absolute Gasteiger partial charge is 0.264 e. The van der Waals surface area contributed by atoms with Crippen LogP contribution in [0.3, 0.4) is 0 Å². The SMILES string of the molecule is COc1ccc(/C=N\NC(=O)CN(c2ccc(Cl)cc2C)S(=O)(=O)c2ccc(C)cc2)cc1OC. The Hall–Kier alpha value is -3.56. The summed E-state index contributed by atoms with van der Waals surface area (Å²) >= 11 is 6.06. The third-order valence-corrected chi connectivity index (χ3v) is 7.14. The van der Waals surface area contributed by atoms with E-state index in [4.69, 9.17) is 21.1 Å². The maximum Gasteiger partial charge on any atom is 0.264 e. The van der Waals surface area contributed by atoms with E-state index < -0.39 is 22.5 Å². The first kappa shape index (κ1) is 26.1. The molecule has 1 amide bonds. The van der Waals surface area contributed by atoms with Crippen molar-refractivity contribution >= 4 is 39.4 Å². The fourth-order valence-corrected chi connectivity index (χ4v) is 5.03. The van der Waals surface area contributed by atoms with Gasteiger partial charge in [-0.3, -0.25) is 9.10 Å². The van der Waals surface area contributed by atoms with Crippen LogP contribution in [-0.2, 0) is 14.8 Å². The molecular weight excluding hydrogens is 490 g/mol. The van der Waals surface area contributed by atoms with E-state index in [-0.39, 0.29) is 4.90 Å². The Kier molecular flexibility index (Phi) is 8.37. The highest BCUT2D eigenvalue weighted by Gasteiger charge is 2.28. The highest BCUT2D eigenvalue weighted by atomic mass is 35.5.